The lowest BCUT2D eigenvalue weighted by Crippen LogP contribution is -2.03. The third-order valence-electron chi connectivity index (χ3n) is 2.40. The van der Waals surface area contributed by atoms with E-state index in [2.05, 4.69) is 14.5 Å². The van der Waals surface area contributed by atoms with Gasteiger partial charge < -0.3 is 9.67 Å². The van der Waals surface area contributed by atoms with E-state index in [1.807, 2.05) is 13.0 Å². The summed E-state index contributed by atoms with van der Waals surface area (Å²) < 4.78 is 2.09. The van der Waals surface area contributed by atoms with Crippen LogP contribution in [0.25, 0.3) is 11.0 Å². The number of nitrogens with zero attached hydrogens (tertiary/aromatic N) is 3. The average Bonchev–Trinajstić information content (AvgIpc) is 2.66. The van der Waals surface area contributed by atoms with E-state index in [-0.39, 0.29) is 5.75 Å². The van der Waals surface area contributed by atoms with Gasteiger partial charge in [-0.1, -0.05) is 0 Å². The highest BCUT2D eigenvalue weighted by Crippen LogP contribution is 2.18. The van der Waals surface area contributed by atoms with Crippen molar-refractivity contribution in [3.8, 4) is 0 Å². The number of carbonyl (C=O) groups is 1. The lowest BCUT2D eigenvalue weighted by molar-refractivity contribution is -0.133. The van der Waals surface area contributed by atoms with E-state index in [1.54, 1.807) is 12.4 Å². The van der Waals surface area contributed by atoms with E-state index in [1.165, 1.54) is 11.8 Å². The molecule has 0 aliphatic heterocycles. The maximum Gasteiger partial charge on any atom is 0.313 e. The zero-order chi connectivity index (χ0) is 12.3. The monoisotopic (exact) mass is 251 g/mol. The Hall–Kier alpha value is -1.56. The first kappa shape index (κ1) is 11.9. The topological polar surface area (TPSA) is 68.0 Å². The first-order valence-electron chi connectivity index (χ1n) is 5.31. The Kier molecular flexibility index (Phi) is 3.63. The van der Waals surface area contributed by atoms with E-state index >= 15 is 0 Å². The van der Waals surface area contributed by atoms with Gasteiger partial charge in [0.2, 0.25) is 0 Å². The zero-order valence-corrected chi connectivity index (χ0v) is 10.3. The normalized spacial score (nSPS) is 10.9. The lowest BCUT2D eigenvalue weighted by atomic mass is 10.4. The summed E-state index contributed by atoms with van der Waals surface area (Å²) in [6.45, 7) is 2.87. The summed E-state index contributed by atoms with van der Waals surface area (Å²) in [6, 6.07) is 1.93. The molecule has 0 radical (unpaired) electrons. The second kappa shape index (κ2) is 5.18. The molecule has 2 heterocycles. The van der Waals surface area contributed by atoms with E-state index in [4.69, 9.17) is 5.11 Å². The molecule has 0 amide bonds. The van der Waals surface area contributed by atoms with Gasteiger partial charge in [0.05, 0.1) is 23.2 Å². The summed E-state index contributed by atoms with van der Waals surface area (Å²) in [5.41, 5.74) is 1.91. The molecule has 2 aromatic heterocycles. The highest BCUT2D eigenvalue weighted by atomic mass is 32.2. The predicted octanol–water partition coefficient (Wildman–Crippen LogP) is 1.77. The molecular formula is C11H13N3O2S. The molecule has 0 unspecified atom stereocenters. The van der Waals surface area contributed by atoms with Gasteiger partial charge in [-0.05, 0) is 13.0 Å². The molecule has 0 aliphatic carbocycles. The quantitative estimate of drug-likeness (QED) is 0.877. The highest BCUT2D eigenvalue weighted by Gasteiger charge is 2.09. The smallest absolute Gasteiger partial charge is 0.313 e. The fourth-order valence-corrected chi connectivity index (χ4v) is 2.40. The number of aliphatic carboxylic acids is 1. The molecule has 0 bridgehead atoms. The van der Waals surface area contributed by atoms with Crippen molar-refractivity contribution in [1.29, 1.82) is 0 Å². The Balaban J connectivity index is 2.24. The fraction of sp³-hybridized carbons (Fsp3) is 0.364. The van der Waals surface area contributed by atoms with Crippen molar-refractivity contribution in [2.75, 3.05) is 5.75 Å². The minimum atomic E-state index is -0.796. The van der Waals surface area contributed by atoms with Crippen molar-refractivity contribution in [3.63, 3.8) is 0 Å². The molecule has 0 atom stereocenters. The third kappa shape index (κ3) is 2.58. The molecule has 90 valence electrons. The van der Waals surface area contributed by atoms with Gasteiger partial charge in [0.1, 0.15) is 11.3 Å². The van der Waals surface area contributed by atoms with Gasteiger partial charge in [-0.25, -0.2) is 4.98 Å². The second-order valence-electron chi connectivity index (χ2n) is 3.52. The van der Waals surface area contributed by atoms with Crippen LogP contribution in [0.5, 0.6) is 0 Å². The molecule has 5 nitrogen and oxygen atoms in total. The van der Waals surface area contributed by atoms with Gasteiger partial charge >= 0.3 is 5.97 Å². The number of aryl methyl sites for hydroxylation is 1. The van der Waals surface area contributed by atoms with Crippen LogP contribution in [-0.2, 0) is 17.1 Å². The molecule has 0 saturated heterocycles. The van der Waals surface area contributed by atoms with Gasteiger partial charge in [-0.15, -0.1) is 11.8 Å². The Morgan fingerprint density at radius 2 is 2.41 bits per heavy atom. The van der Waals surface area contributed by atoms with Crippen molar-refractivity contribution in [1.82, 2.24) is 14.5 Å². The zero-order valence-electron chi connectivity index (χ0n) is 9.46. The first-order valence-corrected chi connectivity index (χ1v) is 6.46. The average molecular weight is 251 g/mol. The van der Waals surface area contributed by atoms with Crippen LogP contribution in [0.3, 0.4) is 0 Å². The molecule has 6 heteroatoms. The molecule has 2 rings (SSSR count). The van der Waals surface area contributed by atoms with Crippen LogP contribution < -0.4 is 0 Å². The Labute approximate surface area is 103 Å². The molecule has 1 N–H and O–H groups in total. The van der Waals surface area contributed by atoms with E-state index in [9.17, 15) is 4.79 Å². The Morgan fingerprint density at radius 3 is 3.12 bits per heavy atom. The summed E-state index contributed by atoms with van der Waals surface area (Å²) in [4.78, 5) is 19.0. The Morgan fingerprint density at radius 1 is 1.59 bits per heavy atom. The van der Waals surface area contributed by atoms with Gasteiger partial charge in [0.15, 0.2) is 0 Å². The third-order valence-corrected chi connectivity index (χ3v) is 3.32. The number of hydrogen-bond donors (Lipinski definition) is 1. The van der Waals surface area contributed by atoms with Gasteiger partial charge in [-0.3, -0.25) is 9.78 Å². The SMILES string of the molecule is CCn1c(CSCC(=O)O)nc2cnccc21. The van der Waals surface area contributed by atoms with Crippen LogP contribution in [0, 0.1) is 0 Å². The number of thioether (sulfide) groups is 1. The Bertz CT molecular complexity index is 538. The lowest BCUT2D eigenvalue weighted by Gasteiger charge is -2.04. The number of carboxylic acids is 1. The van der Waals surface area contributed by atoms with Crippen molar-refractivity contribution in [2.24, 2.45) is 0 Å². The van der Waals surface area contributed by atoms with Crippen molar-refractivity contribution < 1.29 is 9.90 Å². The maximum atomic E-state index is 10.5. The van der Waals surface area contributed by atoms with Gasteiger partial charge in [0, 0.05) is 12.7 Å². The number of rotatable bonds is 5. The molecule has 0 saturated carbocycles. The number of pyridine rings is 1. The molecular weight excluding hydrogens is 238 g/mol. The van der Waals surface area contributed by atoms with Gasteiger partial charge in [0.25, 0.3) is 0 Å². The predicted molar refractivity (Wildman–Crippen MR) is 67.0 cm³/mol. The standard InChI is InChI=1S/C11H13N3O2S/c1-2-14-9-3-4-12-5-8(9)13-10(14)6-17-7-11(15)16/h3-5H,2,6-7H2,1H3,(H,15,16). The summed E-state index contributed by atoms with van der Waals surface area (Å²) in [7, 11) is 0. The minimum absolute atomic E-state index is 0.102. The fourth-order valence-electron chi connectivity index (χ4n) is 1.72. The van der Waals surface area contributed by atoms with E-state index < -0.39 is 5.97 Å². The number of fused-ring (bicyclic) bond motifs is 1. The maximum absolute atomic E-state index is 10.5. The molecule has 0 spiro atoms. The largest absolute Gasteiger partial charge is 0.481 e. The summed E-state index contributed by atoms with van der Waals surface area (Å²) in [5, 5.41) is 8.60. The van der Waals surface area contributed by atoms with Crippen molar-refractivity contribution in [2.45, 2.75) is 19.2 Å². The number of aromatic nitrogens is 3. The summed E-state index contributed by atoms with van der Waals surface area (Å²) in [5.74, 6) is 0.817. The number of carboxylic acid groups (broad SMARTS) is 1. The van der Waals surface area contributed by atoms with Gasteiger partial charge in [-0.2, -0.15) is 0 Å². The van der Waals surface area contributed by atoms with Crippen LogP contribution in [0.1, 0.15) is 12.7 Å². The summed E-state index contributed by atoms with van der Waals surface area (Å²) in [6.07, 6.45) is 3.47. The van der Waals surface area contributed by atoms with Crippen LogP contribution in [0.2, 0.25) is 0 Å². The van der Waals surface area contributed by atoms with E-state index in [0.717, 1.165) is 23.4 Å². The molecule has 0 fully saturated rings. The van der Waals surface area contributed by atoms with Crippen LogP contribution in [0.4, 0.5) is 0 Å². The van der Waals surface area contributed by atoms with Crippen LogP contribution in [-0.4, -0.2) is 31.4 Å². The molecule has 0 aromatic carbocycles. The van der Waals surface area contributed by atoms with Crippen LogP contribution >= 0.6 is 11.8 Å². The number of imidazole rings is 1. The second-order valence-corrected chi connectivity index (χ2v) is 4.51. The number of hydrogen-bond acceptors (Lipinski definition) is 4. The van der Waals surface area contributed by atoms with E-state index in [0.29, 0.717) is 5.75 Å². The molecule has 2 aromatic rings. The highest BCUT2D eigenvalue weighted by molar-refractivity contribution is 7.99. The molecule has 17 heavy (non-hydrogen) atoms. The minimum Gasteiger partial charge on any atom is -0.481 e. The van der Waals surface area contributed by atoms with Crippen molar-refractivity contribution in [3.05, 3.63) is 24.3 Å². The van der Waals surface area contributed by atoms with Crippen LogP contribution in [0.15, 0.2) is 18.5 Å². The summed E-state index contributed by atoms with van der Waals surface area (Å²) >= 11 is 1.36. The van der Waals surface area contributed by atoms with Crippen molar-refractivity contribution >= 4 is 28.8 Å². The molecule has 0 aliphatic rings. The first-order chi connectivity index (χ1) is 8.22.